The van der Waals surface area contributed by atoms with E-state index in [1.807, 2.05) is 74.5 Å². The highest BCUT2D eigenvalue weighted by Gasteiger charge is 2.42. The maximum absolute atomic E-state index is 11.3. The van der Waals surface area contributed by atoms with Crippen LogP contribution >= 0.6 is 27.5 Å². The fraction of sp³-hybridized carbons (Fsp3) is 0.300. The average molecular weight is 586 g/mol. The van der Waals surface area contributed by atoms with Crippen molar-refractivity contribution in [3.8, 4) is 11.5 Å². The zero-order chi connectivity index (χ0) is 26.7. The number of methoxy groups -OCH3 is 1. The summed E-state index contributed by atoms with van der Waals surface area (Å²) in [5.41, 5.74) is 4.94. The van der Waals surface area contributed by atoms with Crippen LogP contribution in [0.2, 0.25) is 5.02 Å². The maximum Gasteiger partial charge on any atom is 0.341 e. The minimum Gasteiger partial charge on any atom is -0.497 e. The fourth-order valence-corrected chi connectivity index (χ4v) is 5.83. The first-order valence-corrected chi connectivity index (χ1v) is 13.2. The molecule has 0 amide bonds. The number of ether oxygens (including phenoxy) is 3. The molecule has 4 atom stereocenters. The molecule has 5 nitrogen and oxygen atoms in total. The van der Waals surface area contributed by atoms with E-state index >= 15 is 0 Å². The quantitative estimate of drug-likeness (QED) is 0.271. The van der Waals surface area contributed by atoms with Gasteiger partial charge < -0.3 is 19.3 Å². The predicted octanol–water partition coefficient (Wildman–Crippen LogP) is 8.06. The van der Waals surface area contributed by atoms with Crippen LogP contribution in [0.5, 0.6) is 11.5 Å². The van der Waals surface area contributed by atoms with Crippen LogP contribution in [-0.4, -0.2) is 24.8 Å². The first kappa shape index (κ1) is 27.2. The Balaban J connectivity index is 1.83. The van der Waals surface area contributed by atoms with E-state index in [1.54, 1.807) is 7.11 Å². The van der Waals surface area contributed by atoms with E-state index in [-0.39, 0.29) is 17.9 Å². The third kappa shape index (κ3) is 6.20. The molecular formula is C30H30BrClO5. The van der Waals surface area contributed by atoms with Crippen LogP contribution in [0, 0.1) is 12.8 Å². The van der Waals surface area contributed by atoms with E-state index in [1.165, 1.54) is 0 Å². The van der Waals surface area contributed by atoms with Gasteiger partial charge in [0.15, 0.2) is 6.61 Å². The molecule has 37 heavy (non-hydrogen) atoms. The fourth-order valence-electron chi connectivity index (χ4n) is 5.00. The summed E-state index contributed by atoms with van der Waals surface area (Å²) >= 11 is 9.78. The molecule has 0 bridgehead atoms. The first-order chi connectivity index (χ1) is 17.7. The van der Waals surface area contributed by atoms with Crippen LogP contribution in [0.25, 0.3) is 0 Å². The summed E-state index contributed by atoms with van der Waals surface area (Å²) in [4.78, 5) is 11.3. The van der Waals surface area contributed by atoms with Crippen molar-refractivity contribution in [3.63, 3.8) is 0 Å². The standard InChI is InChI=1S/C30H30BrClO5/c1-17(2)23-15-24(19-5-9-21(32)10-6-19)28(20-7-11-22(35-4)12-8-20)37-29(23)25-13-18(3)14-26(31)30(25)36-16-27(33)34/h5-14,23-24,28-29H,1,15-16H2,2-4H3,(H,33,34)/t23-,24-,28+,29+/m1/s1. The van der Waals surface area contributed by atoms with Crippen molar-refractivity contribution in [2.45, 2.75) is 38.4 Å². The first-order valence-electron chi connectivity index (χ1n) is 12.0. The molecule has 0 aromatic heterocycles. The van der Waals surface area contributed by atoms with Crippen molar-refractivity contribution in [1.82, 2.24) is 0 Å². The number of hydrogen-bond donors (Lipinski definition) is 1. The summed E-state index contributed by atoms with van der Waals surface area (Å²) < 4.78 is 18.8. The SMILES string of the molecule is C=C(C)[C@H]1C[C@H](c2ccc(Cl)cc2)[C@H](c2ccc(OC)cc2)O[C@@H]1c1cc(C)cc(Br)c1OCC(=O)O. The largest absolute Gasteiger partial charge is 0.497 e. The van der Waals surface area contributed by atoms with Crippen molar-refractivity contribution in [3.05, 3.63) is 105 Å². The van der Waals surface area contributed by atoms with Gasteiger partial charge in [-0.2, -0.15) is 0 Å². The highest BCUT2D eigenvalue weighted by Crippen LogP contribution is 2.54. The van der Waals surface area contributed by atoms with Crippen molar-refractivity contribution >= 4 is 33.5 Å². The Kier molecular flexibility index (Phi) is 8.63. The molecule has 1 saturated heterocycles. The second-order valence-electron chi connectivity index (χ2n) is 9.44. The molecule has 1 aliphatic rings. The maximum atomic E-state index is 11.3. The van der Waals surface area contributed by atoms with Crippen LogP contribution < -0.4 is 9.47 Å². The molecule has 0 aliphatic carbocycles. The normalized spacial score (nSPS) is 21.3. The van der Waals surface area contributed by atoms with Crippen molar-refractivity contribution in [2.24, 2.45) is 5.92 Å². The third-order valence-electron chi connectivity index (χ3n) is 6.77. The topological polar surface area (TPSA) is 65.0 Å². The lowest BCUT2D eigenvalue weighted by molar-refractivity contribution is -0.139. The molecule has 0 spiro atoms. The molecule has 1 N–H and O–H groups in total. The summed E-state index contributed by atoms with van der Waals surface area (Å²) in [5, 5.41) is 9.95. The highest BCUT2D eigenvalue weighted by molar-refractivity contribution is 9.10. The lowest BCUT2D eigenvalue weighted by atomic mass is 9.74. The van der Waals surface area contributed by atoms with Gasteiger partial charge in [-0.1, -0.05) is 48.0 Å². The zero-order valence-corrected chi connectivity index (χ0v) is 23.4. The molecule has 0 unspecified atom stereocenters. The molecule has 0 saturated carbocycles. The van der Waals surface area contributed by atoms with Gasteiger partial charge in [0.05, 0.1) is 23.8 Å². The van der Waals surface area contributed by atoms with Crippen molar-refractivity contribution < 1.29 is 24.1 Å². The Bertz CT molecular complexity index is 1270. The number of rotatable bonds is 8. The minimum atomic E-state index is -1.04. The van der Waals surface area contributed by atoms with Crippen LogP contribution in [0.3, 0.4) is 0 Å². The summed E-state index contributed by atoms with van der Waals surface area (Å²) in [6.07, 6.45) is 0.106. The second kappa shape index (κ2) is 11.7. The lowest BCUT2D eigenvalue weighted by Gasteiger charge is -2.43. The van der Waals surface area contributed by atoms with Crippen LogP contribution in [-0.2, 0) is 9.53 Å². The Hall–Kier alpha value is -2.80. The van der Waals surface area contributed by atoms with E-state index < -0.39 is 18.7 Å². The Morgan fingerprint density at radius 1 is 1.11 bits per heavy atom. The number of hydrogen-bond acceptors (Lipinski definition) is 4. The number of carboxylic acids is 1. The smallest absolute Gasteiger partial charge is 0.341 e. The minimum absolute atomic E-state index is 0.0314. The van der Waals surface area contributed by atoms with Gasteiger partial charge in [0.2, 0.25) is 0 Å². The molecule has 3 aromatic rings. The average Bonchev–Trinajstić information content (AvgIpc) is 2.87. The number of aryl methyl sites for hydroxylation is 1. The van der Waals surface area contributed by atoms with Crippen LogP contribution in [0.1, 0.15) is 53.7 Å². The molecule has 7 heteroatoms. The Morgan fingerprint density at radius 2 is 1.76 bits per heavy atom. The van der Waals surface area contributed by atoms with Gasteiger partial charge in [-0.25, -0.2) is 4.79 Å². The predicted molar refractivity (Wildman–Crippen MR) is 149 cm³/mol. The van der Waals surface area contributed by atoms with Gasteiger partial charge in [-0.15, -0.1) is 0 Å². The van der Waals surface area contributed by atoms with Gasteiger partial charge in [-0.3, -0.25) is 0 Å². The number of halogens is 2. The van der Waals surface area contributed by atoms with Gasteiger partial charge in [-0.05, 0) is 89.3 Å². The van der Waals surface area contributed by atoms with Gasteiger partial charge >= 0.3 is 5.97 Å². The number of aliphatic carboxylic acids is 1. The van der Waals surface area contributed by atoms with E-state index in [9.17, 15) is 9.90 Å². The molecule has 194 valence electrons. The summed E-state index contributed by atoms with van der Waals surface area (Å²) in [7, 11) is 1.64. The van der Waals surface area contributed by atoms with Gasteiger partial charge in [0, 0.05) is 22.4 Å². The monoisotopic (exact) mass is 584 g/mol. The molecule has 3 aromatic carbocycles. The third-order valence-corrected chi connectivity index (χ3v) is 7.61. The molecule has 1 aliphatic heterocycles. The van der Waals surface area contributed by atoms with Crippen molar-refractivity contribution in [1.29, 1.82) is 0 Å². The van der Waals surface area contributed by atoms with E-state index in [4.69, 9.17) is 25.8 Å². The molecule has 1 heterocycles. The van der Waals surface area contributed by atoms with E-state index in [0.717, 1.165) is 40.0 Å². The molecular weight excluding hydrogens is 556 g/mol. The summed E-state index contributed by atoms with van der Waals surface area (Å²) in [6, 6.07) is 19.7. The number of benzene rings is 3. The summed E-state index contributed by atoms with van der Waals surface area (Å²) in [6.45, 7) is 7.85. The number of carbonyl (C=O) groups is 1. The second-order valence-corrected chi connectivity index (χ2v) is 10.7. The van der Waals surface area contributed by atoms with E-state index in [2.05, 4.69) is 22.5 Å². The van der Waals surface area contributed by atoms with Crippen LogP contribution in [0.4, 0.5) is 0 Å². The van der Waals surface area contributed by atoms with Crippen LogP contribution in [0.15, 0.2) is 77.3 Å². The Morgan fingerprint density at radius 3 is 2.35 bits per heavy atom. The van der Waals surface area contributed by atoms with Gasteiger partial charge in [0.1, 0.15) is 11.5 Å². The molecule has 1 fully saturated rings. The van der Waals surface area contributed by atoms with Crippen molar-refractivity contribution in [2.75, 3.05) is 13.7 Å². The summed E-state index contributed by atoms with van der Waals surface area (Å²) in [5.74, 6) is 0.211. The molecule has 4 rings (SSSR count). The lowest BCUT2D eigenvalue weighted by Crippen LogP contribution is -2.32. The zero-order valence-electron chi connectivity index (χ0n) is 21.0. The number of carboxylic acid groups (broad SMARTS) is 1. The Labute approximate surface area is 231 Å². The van der Waals surface area contributed by atoms with E-state index in [0.29, 0.717) is 15.2 Å². The highest BCUT2D eigenvalue weighted by atomic mass is 79.9. The molecule has 0 radical (unpaired) electrons. The van der Waals surface area contributed by atoms with Gasteiger partial charge in [0.25, 0.3) is 0 Å².